The zero-order valence-corrected chi connectivity index (χ0v) is 5.19. The predicted molar refractivity (Wildman–Crippen MR) is 37.2 cm³/mol. The molecule has 9 heavy (non-hydrogen) atoms. The van der Waals surface area contributed by atoms with Gasteiger partial charge in [0.1, 0.15) is 0 Å². The second-order valence-corrected chi connectivity index (χ2v) is 2.38. The Kier molecular flexibility index (Phi) is 0.418. The molecule has 0 atom stereocenters. The minimum absolute atomic E-state index is 0.132. The number of carbonyl (C=O) groups excluding carboxylic acids is 1. The van der Waals surface area contributed by atoms with Gasteiger partial charge in [0.25, 0.3) is 0 Å². The molecule has 1 aliphatic rings. The van der Waals surface area contributed by atoms with Crippen LogP contribution in [0.15, 0.2) is 11.6 Å². The Morgan fingerprint density at radius 3 is 2.67 bits per heavy atom. The van der Waals surface area contributed by atoms with E-state index in [-0.39, 0.29) is 5.57 Å². The van der Waals surface area contributed by atoms with Crippen LogP contribution in [0.2, 0.25) is 0 Å². The Labute approximate surface area is 64.2 Å². The van der Waals surface area contributed by atoms with Gasteiger partial charge >= 0.3 is 0 Å². The van der Waals surface area contributed by atoms with Gasteiger partial charge in [0.15, 0.2) is 5.78 Å². The summed E-state index contributed by atoms with van der Waals surface area (Å²) in [5.41, 5.74) is -1.86. The summed E-state index contributed by atoms with van der Waals surface area (Å²) in [7, 11) is 0. The predicted octanol–water partition coefficient (Wildman–Crippen LogP) is 1.93. The lowest BCUT2D eigenvalue weighted by Gasteiger charge is -2.17. The maximum absolute atomic E-state index is 11.2. The molecule has 0 fully saturated rings. The highest BCUT2D eigenvalue weighted by Gasteiger charge is 2.28. The van der Waals surface area contributed by atoms with Crippen molar-refractivity contribution in [2.45, 2.75) is 27.0 Å². The van der Waals surface area contributed by atoms with E-state index in [1.165, 1.54) is 6.92 Å². The summed E-state index contributed by atoms with van der Waals surface area (Å²) in [6, 6.07) is 0. The van der Waals surface area contributed by atoms with Crippen molar-refractivity contribution >= 4 is 5.78 Å². The number of hydrogen-bond donors (Lipinski definition) is 0. The number of rotatable bonds is 0. The Hall–Kier alpha value is -0.590. The first-order valence-electron chi connectivity index (χ1n) is 5.74. The molecule has 0 aromatic rings. The average Bonchev–Trinajstić information content (AvgIpc) is 2.23. The molecule has 0 unspecified atom stereocenters. The van der Waals surface area contributed by atoms with E-state index in [9.17, 15) is 4.79 Å². The summed E-state index contributed by atoms with van der Waals surface area (Å²) in [5.74, 6) is -0.431. The molecule has 0 aromatic carbocycles. The fourth-order valence-electron chi connectivity index (χ4n) is 0.816. The molecule has 1 heteroatoms. The van der Waals surface area contributed by atoms with E-state index >= 15 is 0 Å². The molecular formula is C8H12O. The van der Waals surface area contributed by atoms with E-state index in [4.69, 9.17) is 8.22 Å². The van der Waals surface area contributed by atoms with Crippen molar-refractivity contribution in [1.29, 1.82) is 0 Å². The van der Waals surface area contributed by atoms with Crippen LogP contribution in [0.4, 0.5) is 0 Å². The fourth-order valence-corrected chi connectivity index (χ4v) is 0.816. The molecule has 0 heterocycles. The lowest BCUT2D eigenvalue weighted by molar-refractivity contribution is -0.115. The molecule has 1 rings (SSSR count). The van der Waals surface area contributed by atoms with E-state index in [1.807, 2.05) is 0 Å². The van der Waals surface area contributed by atoms with Crippen molar-refractivity contribution in [1.82, 2.24) is 0 Å². The van der Waals surface area contributed by atoms with Crippen LogP contribution in [0.3, 0.4) is 0 Å². The van der Waals surface area contributed by atoms with Crippen LogP contribution in [-0.2, 0) is 4.79 Å². The van der Waals surface area contributed by atoms with E-state index in [0.717, 1.165) is 6.08 Å². The maximum Gasteiger partial charge on any atom is 0.156 e. The van der Waals surface area contributed by atoms with Crippen molar-refractivity contribution in [2.75, 3.05) is 0 Å². The average molecular weight is 130 g/mol. The molecular weight excluding hydrogens is 112 g/mol. The lowest BCUT2D eigenvalue weighted by Crippen LogP contribution is -2.08. The van der Waals surface area contributed by atoms with Crippen LogP contribution in [0.1, 0.15) is 35.3 Å². The van der Waals surface area contributed by atoms with Crippen molar-refractivity contribution in [3.63, 3.8) is 0 Å². The molecule has 0 aliphatic heterocycles. The van der Waals surface area contributed by atoms with Crippen LogP contribution >= 0.6 is 0 Å². The molecule has 50 valence electrons. The minimum Gasteiger partial charge on any atom is -0.295 e. The molecule has 0 saturated carbocycles. The molecule has 0 radical (unpaired) electrons. The first kappa shape index (κ1) is 2.22. The summed E-state index contributed by atoms with van der Waals surface area (Å²) in [6.45, 7) is -3.99. The van der Waals surface area contributed by atoms with Gasteiger partial charge in [-0.1, -0.05) is 19.3 Å². The zero-order valence-electron chi connectivity index (χ0n) is 11.2. The summed E-state index contributed by atoms with van der Waals surface area (Å²) < 4.78 is 44.0. The number of ketones is 1. The van der Waals surface area contributed by atoms with E-state index in [0.29, 0.717) is 0 Å². The minimum atomic E-state index is -2.69. The van der Waals surface area contributed by atoms with Gasteiger partial charge in [0.2, 0.25) is 0 Å². The number of carbonyl (C=O) groups is 1. The van der Waals surface area contributed by atoms with Gasteiger partial charge in [-0.15, -0.1) is 0 Å². The van der Waals surface area contributed by atoms with Crippen LogP contribution < -0.4 is 0 Å². The summed E-state index contributed by atoms with van der Waals surface area (Å²) in [4.78, 5) is 11.2. The van der Waals surface area contributed by atoms with Crippen molar-refractivity contribution in [2.24, 2.45) is 5.41 Å². The van der Waals surface area contributed by atoms with Gasteiger partial charge in [0, 0.05) is 14.6 Å². The van der Waals surface area contributed by atoms with Gasteiger partial charge < -0.3 is 0 Å². The molecule has 0 saturated heterocycles. The standard InChI is InChI=1S/C8H12O/c1-6-4-7(9)5-8(6,2)3/h4H,5H2,1-3H3/i2D3,3D3. The highest BCUT2D eigenvalue weighted by molar-refractivity contribution is 5.94. The Bertz CT molecular complexity index is 307. The SMILES string of the molecule is [2H]C([2H])([2H])C1(C([2H])([2H])[2H])CC(=O)C=C1C. The fraction of sp³-hybridized carbons (Fsp3) is 0.625. The lowest BCUT2D eigenvalue weighted by atomic mass is 9.87. The molecule has 0 spiro atoms. The monoisotopic (exact) mass is 130 g/mol. The highest BCUT2D eigenvalue weighted by atomic mass is 16.1. The van der Waals surface area contributed by atoms with Crippen molar-refractivity contribution in [3.05, 3.63) is 11.6 Å². The highest BCUT2D eigenvalue weighted by Crippen LogP contribution is 2.35. The Morgan fingerprint density at radius 1 is 1.78 bits per heavy atom. The summed E-state index contributed by atoms with van der Waals surface area (Å²) in [5, 5.41) is 0. The van der Waals surface area contributed by atoms with Crippen molar-refractivity contribution < 1.29 is 13.0 Å². The topological polar surface area (TPSA) is 17.1 Å². The largest absolute Gasteiger partial charge is 0.295 e. The van der Waals surface area contributed by atoms with Crippen LogP contribution in [0.5, 0.6) is 0 Å². The van der Waals surface area contributed by atoms with Crippen LogP contribution in [0, 0.1) is 5.41 Å². The molecule has 1 aliphatic carbocycles. The third-order valence-electron chi connectivity index (χ3n) is 1.49. The van der Waals surface area contributed by atoms with Crippen LogP contribution in [0.25, 0.3) is 0 Å². The number of allylic oxidation sites excluding steroid dienone is 2. The van der Waals surface area contributed by atoms with Gasteiger partial charge in [0.05, 0.1) is 0 Å². The van der Waals surface area contributed by atoms with Crippen LogP contribution in [-0.4, -0.2) is 5.78 Å². The van der Waals surface area contributed by atoms with E-state index in [2.05, 4.69) is 0 Å². The van der Waals surface area contributed by atoms with E-state index in [1.54, 1.807) is 0 Å². The molecule has 0 amide bonds. The van der Waals surface area contributed by atoms with Gasteiger partial charge in [-0.25, -0.2) is 0 Å². The second-order valence-electron chi connectivity index (χ2n) is 2.38. The van der Waals surface area contributed by atoms with Gasteiger partial charge in [-0.3, -0.25) is 4.79 Å². The second kappa shape index (κ2) is 1.69. The summed E-state index contributed by atoms with van der Waals surface area (Å²) >= 11 is 0. The first-order chi connectivity index (χ1) is 6.52. The number of hydrogen-bond acceptors (Lipinski definition) is 1. The zero-order chi connectivity index (χ0) is 12.1. The quantitative estimate of drug-likeness (QED) is 0.489. The normalized spacial score (nSPS) is 37.0. The third kappa shape index (κ3) is 1.04. The third-order valence-corrected chi connectivity index (χ3v) is 1.49. The molecule has 0 bridgehead atoms. The summed E-state index contributed by atoms with van der Waals surface area (Å²) in [6.07, 6.45) is 0.671. The molecule has 0 aromatic heterocycles. The van der Waals surface area contributed by atoms with Crippen molar-refractivity contribution in [3.8, 4) is 0 Å². The smallest absolute Gasteiger partial charge is 0.156 e. The Morgan fingerprint density at radius 2 is 2.44 bits per heavy atom. The first-order valence-corrected chi connectivity index (χ1v) is 2.74. The maximum atomic E-state index is 11.2. The van der Waals surface area contributed by atoms with Gasteiger partial charge in [-0.05, 0) is 18.4 Å². The van der Waals surface area contributed by atoms with E-state index < -0.39 is 31.3 Å². The Balaban J connectivity index is 3.36. The molecule has 0 N–H and O–H groups in total. The van der Waals surface area contributed by atoms with Gasteiger partial charge in [-0.2, -0.15) is 0 Å². The molecule has 1 nitrogen and oxygen atoms in total.